The largest absolute Gasteiger partial charge is 0.297 e. The minimum Gasteiger partial charge on any atom is -0.297 e. The highest BCUT2D eigenvalue weighted by Crippen LogP contribution is 2.19. The molecule has 1 unspecified atom stereocenters. The Bertz CT molecular complexity index is 348. The van der Waals surface area contributed by atoms with Crippen molar-refractivity contribution < 1.29 is 0 Å². The van der Waals surface area contributed by atoms with Crippen molar-refractivity contribution in [1.29, 1.82) is 0 Å². The fraction of sp³-hybridized carbons (Fsp3) is 0.769. The number of halogens is 1. The molecule has 0 amide bonds. The number of alkyl halides is 1. The van der Waals surface area contributed by atoms with Gasteiger partial charge in [0.2, 0.25) is 0 Å². The van der Waals surface area contributed by atoms with Crippen molar-refractivity contribution in [2.24, 2.45) is 5.92 Å². The Hall–Kier alpha value is -0.350. The van der Waals surface area contributed by atoms with E-state index in [9.17, 15) is 0 Å². The zero-order valence-corrected chi connectivity index (χ0v) is 12.4. The molecular formula is C13H22BrN3. The van der Waals surface area contributed by atoms with E-state index in [1.165, 1.54) is 31.6 Å². The average Bonchev–Trinajstić information content (AvgIpc) is 2.78. The van der Waals surface area contributed by atoms with E-state index in [1.807, 2.05) is 4.68 Å². The van der Waals surface area contributed by atoms with Crippen LogP contribution in [0.1, 0.15) is 38.4 Å². The van der Waals surface area contributed by atoms with Crippen molar-refractivity contribution in [3.63, 3.8) is 0 Å². The average molecular weight is 300 g/mol. The number of hydrogen-bond donors (Lipinski definition) is 0. The molecule has 1 atom stereocenters. The lowest BCUT2D eigenvalue weighted by Crippen LogP contribution is -2.35. The topological polar surface area (TPSA) is 21.1 Å². The Kier molecular flexibility index (Phi) is 4.62. The SMILES string of the molecule is CC(C)n1ccc(CN2CCCC(CBr)C2)n1. The van der Waals surface area contributed by atoms with Gasteiger partial charge in [-0.1, -0.05) is 15.9 Å². The summed E-state index contributed by atoms with van der Waals surface area (Å²) in [5, 5.41) is 5.75. The van der Waals surface area contributed by atoms with E-state index >= 15 is 0 Å². The van der Waals surface area contributed by atoms with Crippen LogP contribution in [0.5, 0.6) is 0 Å². The van der Waals surface area contributed by atoms with Crippen molar-refractivity contribution in [2.75, 3.05) is 18.4 Å². The quantitative estimate of drug-likeness (QED) is 0.797. The molecule has 0 saturated carbocycles. The second-order valence-corrected chi connectivity index (χ2v) is 5.93. The molecule has 0 aromatic carbocycles. The van der Waals surface area contributed by atoms with Crippen LogP contribution in [0.15, 0.2) is 12.3 Å². The van der Waals surface area contributed by atoms with Crippen LogP contribution in [0.2, 0.25) is 0 Å². The maximum absolute atomic E-state index is 4.62. The molecule has 0 spiro atoms. The summed E-state index contributed by atoms with van der Waals surface area (Å²) in [7, 11) is 0. The first-order valence-electron chi connectivity index (χ1n) is 6.51. The molecule has 0 aliphatic carbocycles. The summed E-state index contributed by atoms with van der Waals surface area (Å²) >= 11 is 3.60. The molecule has 4 heteroatoms. The van der Waals surface area contributed by atoms with Crippen LogP contribution in [0, 0.1) is 5.92 Å². The normalized spacial score (nSPS) is 22.2. The monoisotopic (exact) mass is 299 g/mol. The van der Waals surface area contributed by atoms with Gasteiger partial charge >= 0.3 is 0 Å². The number of aromatic nitrogens is 2. The maximum atomic E-state index is 4.62. The summed E-state index contributed by atoms with van der Waals surface area (Å²) in [5.41, 5.74) is 1.20. The van der Waals surface area contributed by atoms with Gasteiger partial charge in [0, 0.05) is 30.7 Å². The Morgan fingerprint density at radius 1 is 1.53 bits per heavy atom. The minimum atomic E-state index is 0.459. The van der Waals surface area contributed by atoms with Gasteiger partial charge in [-0.25, -0.2) is 0 Å². The van der Waals surface area contributed by atoms with Gasteiger partial charge in [-0.15, -0.1) is 0 Å². The van der Waals surface area contributed by atoms with Gasteiger partial charge in [0.15, 0.2) is 0 Å². The zero-order valence-electron chi connectivity index (χ0n) is 10.8. The third-order valence-electron chi connectivity index (χ3n) is 3.40. The molecule has 1 fully saturated rings. The molecule has 1 aromatic rings. The first kappa shape index (κ1) is 13.1. The molecule has 2 rings (SSSR count). The van der Waals surface area contributed by atoms with Gasteiger partial charge in [0.05, 0.1) is 5.69 Å². The van der Waals surface area contributed by atoms with Crippen molar-refractivity contribution in [2.45, 2.75) is 39.3 Å². The molecule has 0 N–H and O–H groups in total. The van der Waals surface area contributed by atoms with Crippen LogP contribution >= 0.6 is 15.9 Å². The molecule has 1 aromatic heterocycles. The number of rotatable bonds is 4. The van der Waals surface area contributed by atoms with Gasteiger partial charge in [-0.05, 0) is 45.2 Å². The summed E-state index contributed by atoms with van der Waals surface area (Å²) < 4.78 is 2.04. The van der Waals surface area contributed by atoms with E-state index in [4.69, 9.17) is 0 Å². The highest BCUT2D eigenvalue weighted by Gasteiger charge is 2.19. The lowest BCUT2D eigenvalue weighted by molar-refractivity contribution is 0.177. The molecule has 2 heterocycles. The van der Waals surface area contributed by atoms with Crippen molar-refractivity contribution >= 4 is 15.9 Å². The summed E-state index contributed by atoms with van der Waals surface area (Å²) in [5.74, 6) is 0.816. The fourth-order valence-corrected chi connectivity index (χ4v) is 2.93. The Morgan fingerprint density at radius 3 is 3.00 bits per heavy atom. The molecule has 96 valence electrons. The Balaban J connectivity index is 1.91. The molecule has 1 aliphatic heterocycles. The van der Waals surface area contributed by atoms with Gasteiger partial charge in [-0.3, -0.25) is 9.58 Å². The molecule has 0 radical (unpaired) electrons. The van der Waals surface area contributed by atoms with Gasteiger partial charge < -0.3 is 0 Å². The molecule has 1 aliphatic rings. The maximum Gasteiger partial charge on any atom is 0.0764 e. The van der Waals surface area contributed by atoms with Crippen LogP contribution in [0.3, 0.4) is 0 Å². The summed E-state index contributed by atoms with van der Waals surface area (Å²) in [4.78, 5) is 2.53. The molecule has 0 bridgehead atoms. The second-order valence-electron chi connectivity index (χ2n) is 5.28. The van der Waals surface area contributed by atoms with E-state index < -0.39 is 0 Å². The lowest BCUT2D eigenvalue weighted by Gasteiger charge is -2.31. The minimum absolute atomic E-state index is 0.459. The summed E-state index contributed by atoms with van der Waals surface area (Å²) in [6, 6.07) is 2.61. The van der Waals surface area contributed by atoms with Crippen LogP contribution in [-0.4, -0.2) is 33.1 Å². The van der Waals surface area contributed by atoms with E-state index in [0.717, 1.165) is 17.8 Å². The summed E-state index contributed by atoms with van der Waals surface area (Å²) in [6.45, 7) is 7.76. The van der Waals surface area contributed by atoms with E-state index in [1.54, 1.807) is 0 Å². The predicted octanol–water partition coefficient (Wildman–Crippen LogP) is 3.07. The van der Waals surface area contributed by atoms with E-state index in [0.29, 0.717) is 6.04 Å². The highest BCUT2D eigenvalue weighted by molar-refractivity contribution is 9.09. The van der Waals surface area contributed by atoms with Gasteiger partial charge in [0.25, 0.3) is 0 Å². The van der Waals surface area contributed by atoms with Crippen LogP contribution in [-0.2, 0) is 6.54 Å². The smallest absolute Gasteiger partial charge is 0.0764 e. The first-order valence-corrected chi connectivity index (χ1v) is 7.63. The van der Waals surface area contributed by atoms with Crippen LogP contribution < -0.4 is 0 Å². The molecule has 17 heavy (non-hydrogen) atoms. The molecule has 3 nitrogen and oxygen atoms in total. The number of piperidine rings is 1. The molecule has 1 saturated heterocycles. The van der Waals surface area contributed by atoms with Crippen molar-refractivity contribution in [1.82, 2.24) is 14.7 Å². The summed E-state index contributed by atoms with van der Waals surface area (Å²) in [6.07, 6.45) is 4.77. The standard InChI is InChI=1S/C13H22BrN3/c1-11(2)17-7-5-13(15-17)10-16-6-3-4-12(8-14)9-16/h5,7,11-12H,3-4,6,8-10H2,1-2H3. The van der Waals surface area contributed by atoms with E-state index in [-0.39, 0.29) is 0 Å². The first-order chi connectivity index (χ1) is 8.19. The second kappa shape index (κ2) is 6.01. The van der Waals surface area contributed by atoms with Crippen molar-refractivity contribution in [3.8, 4) is 0 Å². The van der Waals surface area contributed by atoms with Crippen LogP contribution in [0.4, 0.5) is 0 Å². The third-order valence-corrected chi connectivity index (χ3v) is 4.32. The van der Waals surface area contributed by atoms with Gasteiger partial charge in [0.1, 0.15) is 0 Å². The third kappa shape index (κ3) is 3.55. The highest BCUT2D eigenvalue weighted by atomic mass is 79.9. The number of hydrogen-bond acceptors (Lipinski definition) is 2. The number of likely N-dealkylation sites (tertiary alicyclic amines) is 1. The number of nitrogens with zero attached hydrogens (tertiary/aromatic N) is 3. The molecular weight excluding hydrogens is 278 g/mol. The lowest BCUT2D eigenvalue weighted by atomic mass is 10.0. The van der Waals surface area contributed by atoms with Crippen molar-refractivity contribution in [3.05, 3.63) is 18.0 Å². The van der Waals surface area contributed by atoms with E-state index in [2.05, 4.69) is 52.0 Å². The predicted molar refractivity (Wildman–Crippen MR) is 74.4 cm³/mol. The fourth-order valence-electron chi connectivity index (χ4n) is 2.40. The van der Waals surface area contributed by atoms with Gasteiger partial charge in [-0.2, -0.15) is 5.10 Å². The zero-order chi connectivity index (χ0) is 12.3. The Labute approximate surface area is 112 Å². The van der Waals surface area contributed by atoms with Crippen LogP contribution in [0.25, 0.3) is 0 Å². The Morgan fingerprint density at radius 2 is 2.35 bits per heavy atom.